The first-order chi connectivity index (χ1) is 13.0. The zero-order valence-corrected chi connectivity index (χ0v) is 15.5. The van der Waals surface area contributed by atoms with E-state index in [1.165, 1.54) is 0 Å². The van der Waals surface area contributed by atoms with Gasteiger partial charge in [-0.15, -0.1) is 0 Å². The molecule has 4 rings (SSSR count). The summed E-state index contributed by atoms with van der Waals surface area (Å²) in [5.74, 6) is 0.281. The van der Waals surface area contributed by atoms with Gasteiger partial charge in [-0.3, -0.25) is 9.20 Å². The monoisotopic (exact) mass is 356 g/mol. The number of pyridine rings is 2. The first-order valence-electron chi connectivity index (χ1n) is 8.81. The molecule has 0 aliphatic heterocycles. The maximum Gasteiger partial charge on any atom is 0.276 e. The Morgan fingerprint density at radius 1 is 0.889 bits per heavy atom. The third-order valence-electron chi connectivity index (χ3n) is 4.46. The lowest BCUT2D eigenvalue weighted by atomic mass is 10.1. The Morgan fingerprint density at radius 2 is 1.59 bits per heavy atom. The number of carbonyl (C=O) groups is 1. The van der Waals surface area contributed by atoms with E-state index in [1.54, 1.807) is 12.3 Å². The van der Waals surface area contributed by atoms with Crippen LogP contribution in [-0.4, -0.2) is 20.3 Å². The number of aromatic nitrogens is 3. The molecule has 1 amide bonds. The van der Waals surface area contributed by atoms with Gasteiger partial charge in [0.25, 0.3) is 5.91 Å². The smallest absolute Gasteiger partial charge is 0.276 e. The molecule has 0 spiro atoms. The molecule has 1 N–H and O–H groups in total. The molecule has 5 nitrogen and oxygen atoms in total. The molecule has 0 radical (unpaired) electrons. The summed E-state index contributed by atoms with van der Waals surface area (Å²) >= 11 is 0. The van der Waals surface area contributed by atoms with Crippen molar-refractivity contribution in [2.75, 3.05) is 5.32 Å². The van der Waals surface area contributed by atoms with Gasteiger partial charge in [0.2, 0.25) is 0 Å². The van der Waals surface area contributed by atoms with E-state index in [9.17, 15) is 4.79 Å². The predicted molar refractivity (Wildman–Crippen MR) is 107 cm³/mol. The lowest BCUT2D eigenvalue weighted by Gasteiger charge is -2.08. The summed E-state index contributed by atoms with van der Waals surface area (Å²) in [5, 5.41) is 2.89. The van der Waals surface area contributed by atoms with Crippen molar-refractivity contribution in [1.29, 1.82) is 0 Å². The molecule has 0 saturated heterocycles. The van der Waals surface area contributed by atoms with Crippen molar-refractivity contribution in [3.05, 3.63) is 83.3 Å². The molecular formula is C22H20N4O. The molecule has 4 aromatic rings. The SMILES string of the molecule is Cc1ccc(-c2nc3ccc(C)cn3c2C(=O)Nc2ccc(C)cn2)cc1. The highest BCUT2D eigenvalue weighted by atomic mass is 16.2. The molecule has 0 fully saturated rings. The number of hydrogen-bond acceptors (Lipinski definition) is 3. The van der Waals surface area contributed by atoms with E-state index >= 15 is 0 Å². The molecule has 27 heavy (non-hydrogen) atoms. The summed E-state index contributed by atoms with van der Waals surface area (Å²) in [5.41, 5.74) is 6.05. The second kappa shape index (κ2) is 6.68. The summed E-state index contributed by atoms with van der Waals surface area (Å²) < 4.78 is 1.84. The van der Waals surface area contributed by atoms with E-state index < -0.39 is 0 Å². The van der Waals surface area contributed by atoms with Gasteiger partial charge < -0.3 is 5.32 Å². The molecule has 0 atom stereocenters. The van der Waals surface area contributed by atoms with Crippen molar-refractivity contribution in [3.63, 3.8) is 0 Å². The van der Waals surface area contributed by atoms with Crippen LogP contribution in [0, 0.1) is 20.8 Å². The Bertz CT molecular complexity index is 1130. The summed E-state index contributed by atoms with van der Waals surface area (Å²) in [6, 6.07) is 15.7. The minimum absolute atomic E-state index is 0.236. The quantitative estimate of drug-likeness (QED) is 0.585. The fourth-order valence-electron chi connectivity index (χ4n) is 3.00. The van der Waals surface area contributed by atoms with Crippen LogP contribution in [0.5, 0.6) is 0 Å². The van der Waals surface area contributed by atoms with E-state index in [0.29, 0.717) is 17.2 Å². The number of benzene rings is 1. The first kappa shape index (κ1) is 17.0. The number of imidazole rings is 1. The average Bonchev–Trinajstić information content (AvgIpc) is 3.03. The normalized spacial score (nSPS) is 10.9. The second-order valence-electron chi connectivity index (χ2n) is 6.78. The van der Waals surface area contributed by atoms with E-state index in [4.69, 9.17) is 4.98 Å². The van der Waals surface area contributed by atoms with Gasteiger partial charge in [0.1, 0.15) is 22.9 Å². The van der Waals surface area contributed by atoms with E-state index in [0.717, 1.165) is 27.9 Å². The van der Waals surface area contributed by atoms with Crippen LogP contribution in [0.3, 0.4) is 0 Å². The fourth-order valence-corrected chi connectivity index (χ4v) is 3.00. The van der Waals surface area contributed by atoms with Gasteiger partial charge in [-0.25, -0.2) is 9.97 Å². The maximum atomic E-state index is 13.1. The van der Waals surface area contributed by atoms with Crippen LogP contribution in [0.2, 0.25) is 0 Å². The summed E-state index contributed by atoms with van der Waals surface area (Å²) in [6.45, 7) is 5.99. The van der Waals surface area contributed by atoms with Crippen LogP contribution < -0.4 is 5.32 Å². The predicted octanol–water partition coefficient (Wildman–Crippen LogP) is 4.57. The van der Waals surface area contributed by atoms with E-state index in [2.05, 4.69) is 10.3 Å². The lowest BCUT2D eigenvalue weighted by molar-refractivity contribution is 0.102. The topological polar surface area (TPSA) is 59.3 Å². The number of nitrogens with one attached hydrogen (secondary N) is 1. The van der Waals surface area contributed by atoms with Gasteiger partial charge in [0, 0.05) is 18.0 Å². The third kappa shape index (κ3) is 3.31. The van der Waals surface area contributed by atoms with Crippen molar-refractivity contribution < 1.29 is 4.79 Å². The number of hydrogen-bond donors (Lipinski definition) is 1. The van der Waals surface area contributed by atoms with Gasteiger partial charge in [0.15, 0.2) is 0 Å². The standard InChI is InChI=1S/C22H20N4O/c1-14-4-8-17(9-5-14)20-21(26-13-16(3)7-11-19(26)25-20)22(27)24-18-10-6-15(2)12-23-18/h4-13H,1-3H3,(H,23,24,27). The zero-order chi connectivity index (χ0) is 19.0. The Balaban J connectivity index is 1.84. The molecule has 0 saturated carbocycles. The van der Waals surface area contributed by atoms with Crippen molar-refractivity contribution in [2.45, 2.75) is 20.8 Å². The molecule has 0 unspecified atom stereocenters. The van der Waals surface area contributed by atoms with Crippen LogP contribution in [0.25, 0.3) is 16.9 Å². The van der Waals surface area contributed by atoms with Crippen LogP contribution in [-0.2, 0) is 0 Å². The molecule has 0 aliphatic rings. The largest absolute Gasteiger partial charge is 0.305 e. The van der Waals surface area contributed by atoms with E-state index in [-0.39, 0.29) is 5.91 Å². The van der Waals surface area contributed by atoms with Crippen LogP contribution >= 0.6 is 0 Å². The Kier molecular flexibility index (Phi) is 4.20. The van der Waals surface area contributed by atoms with Crippen LogP contribution in [0.15, 0.2) is 60.9 Å². The number of anilines is 1. The molecule has 134 valence electrons. The zero-order valence-electron chi connectivity index (χ0n) is 15.5. The highest BCUT2D eigenvalue weighted by Gasteiger charge is 2.21. The first-order valence-corrected chi connectivity index (χ1v) is 8.81. The van der Waals surface area contributed by atoms with Crippen LogP contribution in [0.1, 0.15) is 27.2 Å². The molecule has 0 bridgehead atoms. The van der Waals surface area contributed by atoms with Gasteiger partial charge in [-0.2, -0.15) is 0 Å². The van der Waals surface area contributed by atoms with Crippen molar-refractivity contribution in [2.24, 2.45) is 0 Å². The van der Waals surface area contributed by atoms with Gasteiger partial charge in [-0.1, -0.05) is 42.0 Å². The number of amides is 1. The molecule has 1 aromatic carbocycles. The van der Waals surface area contributed by atoms with Gasteiger partial charge in [0.05, 0.1) is 0 Å². The molecule has 0 aliphatic carbocycles. The number of rotatable bonds is 3. The van der Waals surface area contributed by atoms with Gasteiger partial charge >= 0.3 is 0 Å². The third-order valence-corrected chi connectivity index (χ3v) is 4.46. The number of aryl methyl sites for hydroxylation is 3. The Morgan fingerprint density at radius 3 is 2.30 bits per heavy atom. The highest BCUT2D eigenvalue weighted by Crippen LogP contribution is 2.26. The average molecular weight is 356 g/mol. The lowest BCUT2D eigenvalue weighted by Crippen LogP contribution is -2.16. The number of carbonyl (C=O) groups excluding carboxylic acids is 1. The second-order valence-corrected chi connectivity index (χ2v) is 6.78. The number of nitrogens with zero attached hydrogens (tertiary/aromatic N) is 3. The molecule has 3 aromatic heterocycles. The number of fused-ring (bicyclic) bond motifs is 1. The fraction of sp³-hybridized carbons (Fsp3) is 0.136. The minimum Gasteiger partial charge on any atom is -0.305 e. The molecule has 5 heteroatoms. The summed E-state index contributed by atoms with van der Waals surface area (Å²) in [4.78, 5) is 22.1. The summed E-state index contributed by atoms with van der Waals surface area (Å²) in [7, 11) is 0. The van der Waals surface area contributed by atoms with Crippen molar-refractivity contribution >= 4 is 17.4 Å². The van der Waals surface area contributed by atoms with Gasteiger partial charge in [-0.05, 0) is 44.0 Å². The van der Waals surface area contributed by atoms with E-state index in [1.807, 2.05) is 73.8 Å². The molecule has 3 heterocycles. The molecular weight excluding hydrogens is 336 g/mol. The Labute approximate surface area is 157 Å². The maximum absolute atomic E-state index is 13.1. The Hall–Kier alpha value is -3.47. The highest BCUT2D eigenvalue weighted by molar-refractivity contribution is 6.07. The minimum atomic E-state index is -0.236. The van der Waals surface area contributed by atoms with Crippen molar-refractivity contribution in [3.8, 4) is 11.3 Å². The van der Waals surface area contributed by atoms with Crippen molar-refractivity contribution in [1.82, 2.24) is 14.4 Å². The van der Waals surface area contributed by atoms with Crippen LogP contribution in [0.4, 0.5) is 5.82 Å². The summed E-state index contributed by atoms with van der Waals surface area (Å²) in [6.07, 6.45) is 3.66.